The van der Waals surface area contributed by atoms with Crippen LogP contribution in [0.5, 0.6) is 0 Å². The first-order chi connectivity index (χ1) is 13.3. The zero-order chi connectivity index (χ0) is 20.3. The topological polar surface area (TPSA) is 72.9 Å². The van der Waals surface area contributed by atoms with Crippen LogP contribution in [0.1, 0.15) is 35.3 Å². The van der Waals surface area contributed by atoms with Crippen molar-refractivity contribution in [3.05, 3.63) is 65.2 Å². The molecule has 28 heavy (non-hydrogen) atoms. The highest BCUT2D eigenvalue weighted by Gasteiger charge is 2.32. The maximum Gasteiger partial charge on any atom is 0.338 e. The number of carbonyl (C=O) groups excluding carboxylic acids is 1. The van der Waals surface area contributed by atoms with Crippen LogP contribution < -0.4 is 0 Å². The highest BCUT2D eigenvalue weighted by Crippen LogP contribution is 2.21. The van der Waals surface area contributed by atoms with Gasteiger partial charge in [0.05, 0.1) is 22.7 Å². The van der Waals surface area contributed by atoms with Crippen molar-refractivity contribution in [1.29, 1.82) is 0 Å². The second-order valence-corrected chi connectivity index (χ2v) is 9.11. The molecule has 1 aliphatic rings. The summed E-state index contributed by atoms with van der Waals surface area (Å²) in [6.07, 6.45) is -0.316. The summed E-state index contributed by atoms with van der Waals surface area (Å²) in [5.41, 5.74) is 2.31. The molecule has 0 saturated carbocycles. The zero-order valence-corrected chi connectivity index (χ0v) is 17.1. The quantitative estimate of drug-likeness (QED) is 0.717. The van der Waals surface area contributed by atoms with Gasteiger partial charge in [0, 0.05) is 13.1 Å². The van der Waals surface area contributed by atoms with Gasteiger partial charge in [-0.15, -0.1) is 0 Å². The molecule has 150 valence electrons. The molecule has 7 heteroatoms. The Labute approximate surface area is 166 Å². The van der Waals surface area contributed by atoms with Crippen LogP contribution in [0.2, 0.25) is 0 Å². The van der Waals surface area contributed by atoms with Crippen LogP contribution in [0.4, 0.5) is 0 Å². The minimum Gasteiger partial charge on any atom is -0.457 e. The third-order valence-corrected chi connectivity index (χ3v) is 6.41. The number of morpholine rings is 1. The maximum absolute atomic E-state index is 12.9. The number of rotatable bonds is 5. The predicted molar refractivity (Wildman–Crippen MR) is 106 cm³/mol. The van der Waals surface area contributed by atoms with E-state index in [4.69, 9.17) is 9.47 Å². The Morgan fingerprint density at radius 2 is 1.75 bits per heavy atom. The third-order valence-electron chi connectivity index (χ3n) is 4.57. The minimum absolute atomic E-state index is 0.157. The minimum atomic E-state index is -3.63. The molecule has 0 N–H and O–H groups in total. The van der Waals surface area contributed by atoms with E-state index in [0.29, 0.717) is 18.7 Å². The Morgan fingerprint density at radius 3 is 2.36 bits per heavy atom. The number of hydrogen-bond donors (Lipinski definition) is 0. The summed E-state index contributed by atoms with van der Waals surface area (Å²) in [4.78, 5) is 12.4. The monoisotopic (exact) mass is 403 g/mol. The first kappa shape index (κ1) is 20.5. The summed E-state index contributed by atoms with van der Waals surface area (Å²) in [5.74, 6) is -0.487. The molecule has 2 atom stereocenters. The fourth-order valence-corrected chi connectivity index (χ4v) is 4.86. The lowest BCUT2D eigenvalue weighted by molar-refractivity contribution is -0.0440. The summed E-state index contributed by atoms with van der Waals surface area (Å²) in [5, 5.41) is 0. The Balaban J connectivity index is 1.67. The average molecular weight is 404 g/mol. The van der Waals surface area contributed by atoms with E-state index in [0.717, 1.165) is 11.1 Å². The molecule has 1 saturated heterocycles. The largest absolute Gasteiger partial charge is 0.457 e. The number of esters is 1. The molecule has 2 aromatic carbocycles. The predicted octanol–water partition coefficient (Wildman–Crippen LogP) is 3.15. The first-order valence-electron chi connectivity index (χ1n) is 9.24. The SMILES string of the molecule is Cc1cccc(COC(=O)c2ccc(S(=O)(=O)N3CC(C)OC(C)C3)cc2)c1. The van der Waals surface area contributed by atoms with E-state index in [1.165, 1.54) is 28.6 Å². The molecule has 2 aromatic rings. The molecule has 6 nitrogen and oxygen atoms in total. The second kappa shape index (κ2) is 8.43. The van der Waals surface area contributed by atoms with Crippen molar-refractivity contribution in [2.45, 2.75) is 44.5 Å². The smallest absolute Gasteiger partial charge is 0.338 e. The number of carbonyl (C=O) groups is 1. The van der Waals surface area contributed by atoms with Crippen LogP contribution in [0.15, 0.2) is 53.4 Å². The number of ether oxygens (including phenoxy) is 2. The lowest BCUT2D eigenvalue weighted by Gasteiger charge is -2.34. The summed E-state index contributed by atoms with van der Waals surface area (Å²) < 4.78 is 38.1. The van der Waals surface area contributed by atoms with Gasteiger partial charge in [-0.2, -0.15) is 4.31 Å². The number of aryl methyl sites for hydroxylation is 1. The zero-order valence-electron chi connectivity index (χ0n) is 16.3. The van der Waals surface area contributed by atoms with Crippen molar-refractivity contribution in [3.63, 3.8) is 0 Å². The van der Waals surface area contributed by atoms with Crippen molar-refractivity contribution < 1.29 is 22.7 Å². The highest BCUT2D eigenvalue weighted by molar-refractivity contribution is 7.89. The van der Waals surface area contributed by atoms with E-state index in [9.17, 15) is 13.2 Å². The Kier molecular flexibility index (Phi) is 6.17. The summed E-state index contributed by atoms with van der Waals surface area (Å²) in [7, 11) is -3.63. The van der Waals surface area contributed by atoms with Gasteiger partial charge in [-0.25, -0.2) is 13.2 Å². The third kappa shape index (κ3) is 4.79. The van der Waals surface area contributed by atoms with Gasteiger partial charge in [0.15, 0.2) is 0 Å². The fraction of sp³-hybridized carbons (Fsp3) is 0.381. The molecule has 1 aliphatic heterocycles. The number of sulfonamides is 1. The van der Waals surface area contributed by atoms with Gasteiger partial charge in [0.2, 0.25) is 10.0 Å². The van der Waals surface area contributed by atoms with Crippen molar-refractivity contribution in [1.82, 2.24) is 4.31 Å². The van der Waals surface area contributed by atoms with Crippen LogP contribution >= 0.6 is 0 Å². The van der Waals surface area contributed by atoms with E-state index in [1.807, 2.05) is 45.0 Å². The van der Waals surface area contributed by atoms with E-state index in [1.54, 1.807) is 0 Å². The molecule has 0 amide bonds. The molecule has 0 radical (unpaired) electrons. The van der Waals surface area contributed by atoms with Crippen LogP contribution in [-0.4, -0.2) is 44.0 Å². The summed E-state index contributed by atoms with van der Waals surface area (Å²) in [6, 6.07) is 13.6. The molecule has 0 aliphatic carbocycles. The van der Waals surface area contributed by atoms with E-state index in [2.05, 4.69) is 0 Å². The molecular weight excluding hydrogens is 378 g/mol. The Morgan fingerprint density at radius 1 is 1.11 bits per heavy atom. The van der Waals surface area contributed by atoms with Crippen molar-refractivity contribution in [3.8, 4) is 0 Å². The molecule has 0 bridgehead atoms. The summed E-state index contributed by atoms with van der Waals surface area (Å²) >= 11 is 0. The molecule has 1 heterocycles. The Hall–Kier alpha value is -2.22. The van der Waals surface area contributed by atoms with Gasteiger partial charge in [0.25, 0.3) is 0 Å². The van der Waals surface area contributed by atoms with E-state index >= 15 is 0 Å². The number of hydrogen-bond acceptors (Lipinski definition) is 5. The second-order valence-electron chi connectivity index (χ2n) is 7.17. The van der Waals surface area contributed by atoms with E-state index < -0.39 is 16.0 Å². The standard InChI is InChI=1S/C21H25NO5S/c1-15-5-4-6-18(11-15)14-26-21(23)19-7-9-20(10-8-19)28(24,25)22-12-16(2)27-17(3)13-22/h4-11,16-17H,12-14H2,1-3H3. The molecule has 1 fully saturated rings. The summed E-state index contributed by atoms with van der Waals surface area (Å²) in [6.45, 7) is 6.47. The van der Waals surface area contributed by atoms with Crippen LogP contribution in [0, 0.1) is 6.92 Å². The number of nitrogens with zero attached hydrogens (tertiary/aromatic N) is 1. The molecule has 2 unspecified atom stereocenters. The Bertz CT molecular complexity index is 930. The van der Waals surface area contributed by atoms with Crippen molar-refractivity contribution >= 4 is 16.0 Å². The normalized spacial score (nSPS) is 20.7. The fourth-order valence-electron chi connectivity index (χ4n) is 3.27. The molecular formula is C21H25NO5S. The van der Waals surface area contributed by atoms with Gasteiger partial charge in [-0.05, 0) is 50.6 Å². The molecule has 0 spiro atoms. The van der Waals surface area contributed by atoms with Crippen LogP contribution in [-0.2, 0) is 26.1 Å². The maximum atomic E-state index is 12.9. The lowest BCUT2D eigenvalue weighted by atomic mass is 10.1. The van der Waals surface area contributed by atoms with Crippen molar-refractivity contribution in [2.75, 3.05) is 13.1 Å². The van der Waals surface area contributed by atoms with Gasteiger partial charge >= 0.3 is 5.97 Å². The molecule has 0 aromatic heterocycles. The average Bonchev–Trinajstić information content (AvgIpc) is 2.65. The van der Waals surface area contributed by atoms with Gasteiger partial charge in [-0.3, -0.25) is 0 Å². The van der Waals surface area contributed by atoms with Gasteiger partial charge in [0.1, 0.15) is 6.61 Å². The van der Waals surface area contributed by atoms with Gasteiger partial charge in [-0.1, -0.05) is 29.8 Å². The van der Waals surface area contributed by atoms with Crippen LogP contribution in [0.25, 0.3) is 0 Å². The van der Waals surface area contributed by atoms with Crippen molar-refractivity contribution in [2.24, 2.45) is 0 Å². The van der Waals surface area contributed by atoms with Gasteiger partial charge < -0.3 is 9.47 Å². The highest BCUT2D eigenvalue weighted by atomic mass is 32.2. The lowest BCUT2D eigenvalue weighted by Crippen LogP contribution is -2.48. The van der Waals surface area contributed by atoms with Crippen LogP contribution in [0.3, 0.4) is 0 Å². The molecule has 3 rings (SSSR count). The first-order valence-corrected chi connectivity index (χ1v) is 10.7. The van der Waals surface area contributed by atoms with E-state index in [-0.39, 0.29) is 23.7 Å². The number of benzene rings is 2.